The lowest BCUT2D eigenvalue weighted by Crippen LogP contribution is -2.30. The van der Waals surface area contributed by atoms with Crippen molar-refractivity contribution in [2.75, 3.05) is 13.2 Å². The molecular weight excluding hydrogens is 949 g/mol. The highest BCUT2D eigenvalue weighted by Crippen LogP contribution is 2.17. The van der Waals surface area contributed by atoms with Gasteiger partial charge in [0.25, 0.3) is 0 Å². The number of unbranched alkanes of at least 4 members (excludes halogenated alkanes) is 32. The predicted octanol–water partition coefficient (Wildman–Crippen LogP) is 22.4. The van der Waals surface area contributed by atoms with E-state index in [4.69, 9.17) is 14.2 Å². The lowest BCUT2D eigenvalue weighted by Gasteiger charge is -2.18. The summed E-state index contributed by atoms with van der Waals surface area (Å²) in [6.45, 7) is 6.38. The second-order valence-corrected chi connectivity index (χ2v) is 21.6. The van der Waals surface area contributed by atoms with Gasteiger partial charge in [0.05, 0.1) is 0 Å². The summed E-state index contributed by atoms with van der Waals surface area (Å²) < 4.78 is 16.8. The second kappa shape index (κ2) is 64.9. The molecular formula is C71H122O6. The number of rotatable bonds is 59. The standard InChI is InChI=1S/C71H122O6/c1-4-7-10-13-16-19-22-25-27-28-29-30-31-32-33-34-35-36-37-38-39-40-41-42-44-46-49-52-55-58-61-64-70(73)76-67-68(66-75-69(72)63-60-57-54-51-48-45-24-21-18-15-12-9-6-3)77-71(74)65-62-59-56-53-50-47-43-26-23-20-17-14-11-8-5-2/h7,9-10,12,16,18-19,21,25,27,29-30,45,48,54,57,68H,4-6,8,11,13-15,17,20,22-24,26,28,31-44,46-47,49-53,55-56,58-67H2,1-3H3/b10-7-,12-9-,19-16-,21-18-,27-25-,30-29-,48-45-,57-54-. The number of allylic oxidation sites excluding steroid dienone is 16. The van der Waals surface area contributed by atoms with Crippen molar-refractivity contribution in [3.63, 3.8) is 0 Å². The number of hydrogen-bond donors (Lipinski definition) is 0. The Hall–Kier alpha value is -3.67. The van der Waals surface area contributed by atoms with Crippen molar-refractivity contribution in [1.29, 1.82) is 0 Å². The lowest BCUT2D eigenvalue weighted by molar-refractivity contribution is -0.166. The smallest absolute Gasteiger partial charge is 0.306 e. The van der Waals surface area contributed by atoms with Crippen LogP contribution in [0.3, 0.4) is 0 Å². The van der Waals surface area contributed by atoms with Gasteiger partial charge in [-0.25, -0.2) is 0 Å². The number of hydrogen-bond acceptors (Lipinski definition) is 6. The van der Waals surface area contributed by atoms with Gasteiger partial charge in [0.1, 0.15) is 13.2 Å². The molecule has 1 atom stereocenters. The van der Waals surface area contributed by atoms with Gasteiger partial charge >= 0.3 is 17.9 Å². The van der Waals surface area contributed by atoms with Crippen LogP contribution in [0.4, 0.5) is 0 Å². The van der Waals surface area contributed by atoms with Gasteiger partial charge in [-0.15, -0.1) is 0 Å². The zero-order valence-electron chi connectivity index (χ0n) is 50.7. The van der Waals surface area contributed by atoms with E-state index in [-0.39, 0.29) is 37.5 Å². The number of esters is 3. The molecule has 0 amide bonds. The normalized spacial score (nSPS) is 12.7. The maximum Gasteiger partial charge on any atom is 0.306 e. The summed E-state index contributed by atoms with van der Waals surface area (Å²) >= 11 is 0. The van der Waals surface area contributed by atoms with Crippen LogP contribution in [-0.4, -0.2) is 37.2 Å². The Kier molecular flexibility index (Phi) is 61.8. The van der Waals surface area contributed by atoms with Crippen LogP contribution in [0.15, 0.2) is 97.2 Å². The van der Waals surface area contributed by atoms with Crippen molar-refractivity contribution in [2.45, 2.75) is 322 Å². The van der Waals surface area contributed by atoms with Crippen molar-refractivity contribution >= 4 is 17.9 Å². The Labute approximate surface area is 477 Å². The van der Waals surface area contributed by atoms with Gasteiger partial charge in [0.2, 0.25) is 0 Å². The van der Waals surface area contributed by atoms with Gasteiger partial charge in [-0.05, 0) is 83.5 Å². The highest BCUT2D eigenvalue weighted by Gasteiger charge is 2.19. The minimum atomic E-state index is -0.803. The van der Waals surface area contributed by atoms with E-state index in [1.165, 1.54) is 180 Å². The van der Waals surface area contributed by atoms with E-state index < -0.39 is 6.10 Å². The first-order chi connectivity index (χ1) is 38.0. The molecule has 0 aromatic rings. The van der Waals surface area contributed by atoms with E-state index in [1.807, 2.05) is 6.08 Å². The number of carbonyl (C=O) groups excluding carboxylic acids is 3. The molecule has 0 aliphatic heterocycles. The lowest BCUT2D eigenvalue weighted by atomic mass is 10.0. The van der Waals surface area contributed by atoms with Crippen LogP contribution in [0, 0.1) is 0 Å². The first-order valence-corrected chi connectivity index (χ1v) is 32.7. The van der Waals surface area contributed by atoms with E-state index in [0.717, 1.165) is 89.9 Å². The minimum Gasteiger partial charge on any atom is -0.462 e. The topological polar surface area (TPSA) is 78.9 Å². The summed E-state index contributed by atoms with van der Waals surface area (Å²) in [7, 11) is 0. The molecule has 0 aliphatic carbocycles. The molecule has 77 heavy (non-hydrogen) atoms. The third kappa shape index (κ3) is 63.0. The Morgan fingerprint density at radius 3 is 0.870 bits per heavy atom. The van der Waals surface area contributed by atoms with Crippen LogP contribution in [0.2, 0.25) is 0 Å². The first kappa shape index (κ1) is 73.3. The molecule has 0 rings (SSSR count). The molecule has 0 bridgehead atoms. The average Bonchev–Trinajstić information content (AvgIpc) is 3.43. The third-order valence-corrected chi connectivity index (χ3v) is 14.1. The summed E-state index contributed by atoms with van der Waals surface area (Å²) in [4.78, 5) is 38.2. The highest BCUT2D eigenvalue weighted by atomic mass is 16.6. The zero-order valence-corrected chi connectivity index (χ0v) is 50.7. The van der Waals surface area contributed by atoms with Gasteiger partial charge in [-0.2, -0.15) is 0 Å². The van der Waals surface area contributed by atoms with Gasteiger partial charge in [0, 0.05) is 19.3 Å². The van der Waals surface area contributed by atoms with E-state index in [2.05, 4.69) is 112 Å². The molecule has 0 aliphatic rings. The van der Waals surface area contributed by atoms with E-state index in [9.17, 15) is 14.4 Å². The monoisotopic (exact) mass is 1070 g/mol. The molecule has 6 heteroatoms. The molecule has 0 spiro atoms. The maximum absolute atomic E-state index is 12.9. The maximum atomic E-state index is 12.9. The van der Waals surface area contributed by atoms with Crippen LogP contribution < -0.4 is 0 Å². The molecule has 6 nitrogen and oxygen atoms in total. The molecule has 0 heterocycles. The van der Waals surface area contributed by atoms with E-state index in [1.54, 1.807) is 0 Å². The molecule has 442 valence electrons. The molecule has 0 aromatic heterocycles. The Morgan fingerprint density at radius 1 is 0.273 bits per heavy atom. The van der Waals surface area contributed by atoms with Gasteiger partial charge in [0.15, 0.2) is 6.10 Å². The Balaban J connectivity index is 4.19. The Bertz CT molecular complexity index is 1510. The van der Waals surface area contributed by atoms with Crippen molar-refractivity contribution in [3.05, 3.63) is 97.2 Å². The molecule has 0 aromatic carbocycles. The molecule has 0 saturated heterocycles. The summed E-state index contributed by atoms with van der Waals surface area (Å²) in [6.07, 6.45) is 87.4. The summed E-state index contributed by atoms with van der Waals surface area (Å²) in [5, 5.41) is 0. The van der Waals surface area contributed by atoms with Crippen molar-refractivity contribution in [1.82, 2.24) is 0 Å². The fourth-order valence-corrected chi connectivity index (χ4v) is 9.27. The van der Waals surface area contributed by atoms with Gasteiger partial charge in [-0.3, -0.25) is 14.4 Å². The van der Waals surface area contributed by atoms with Crippen molar-refractivity contribution < 1.29 is 28.6 Å². The molecule has 0 saturated carbocycles. The SMILES string of the molecule is CC/C=C\C/C=C\C/C=C\C/C=C\CCCCCCCCCCCCCCCCCCCCC(=O)OCC(COC(=O)CC/C=C\C/C=C\C/C=C\C/C=C\CC)OC(=O)CCCCCCCCCCCCCCCCC. The molecule has 0 radical (unpaired) electrons. The van der Waals surface area contributed by atoms with E-state index in [0.29, 0.717) is 19.3 Å². The second-order valence-electron chi connectivity index (χ2n) is 21.6. The largest absolute Gasteiger partial charge is 0.462 e. The molecule has 0 fully saturated rings. The summed E-state index contributed by atoms with van der Waals surface area (Å²) in [5.41, 5.74) is 0. The Morgan fingerprint density at radius 2 is 0.532 bits per heavy atom. The summed E-state index contributed by atoms with van der Waals surface area (Å²) in [6, 6.07) is 0. The van der Waals surface area contributed by atoms with E-state index >= 15 is 0 Å². The van der Waals surface area contributed by atoms with Crippen LogP contribution in [0.5, 0.6) is 0 Å². The van der Waals surface area contributed by atoms with Crippen LogP contribution in [-0.2, 0) is 28.6 Å². The fourth-order valence-electron chi connectivity index (χ4n) is 9.27. The van der Waals surface area contributed by atoms with Gasteiger partial charge in [-0.1, -0.05) is 311 Å². The van der Waals surface area contributed by atoms with Crippen LogP contribution in [0.1, 0.15) is 316 Å². The van der Waals surface area contributed by atoms with Gasteiger partial charge < -0.3 is 14.2 Å². The predicted molar refractivity (Wildman–Crippen MR) is 334 cm³/mol. The van der Waals surface area contributed by atoms with Crippen molar-refractivity contribution in [2.24, 2.45) is 0 Å². The minimum absolute atomic E-state index is 0.0951. The molecule has 0 N–H and O–H groups in total. The third-order valence-electron chi connectivity index (χ3n) is 14.1. The molecule has 1 unspecified atom stereocenters. The zero-order chi connectivity index (χ0) is 55.7. The fraction of sp³-hybridized carbons (Fsp3) is 0.732. The first-order valence-electron chi connectivity index (χ1n) is 32.7. The van der Waals surface area contributed by atoms with Crippen LogP contribution in [0.25, 0.3) is 0 Å². The van der Waals surface area contributed by atoms with Crippen molar-refractivity contribution in [3.8, 4) is 0 Å². The number of ether oxygens (including phenoxy) is 3. The average molecular weight is 1070 g/mol. The highest BCUT2D eigenvalue weighted by molar-refractivity contribution is 5.71. The number of carbonyl (C=O) groups is 3. The quantitative estimate of drug-likeness (QED) is 0.0261. The summed E-state index contributed by atoms with van der Waals surface area (Å²) in [5.74, 6) is -0.967. The van der Waals surface area contributed by atoms with Crippen LogP contribution >= 0.6 is 0 Å².